The number of aromatic hydroxyl groups is 2. The van der Waals surface area contributed by atoms with Crippen molar-refractivity contribution >= 4 is 17.7 Å². The number of carbonyl (C=O) groups excluding carboxylic acids is 3. The van der Waals surface area contributed by atoms with E-state index in [1.165, 1.54) is 12.1 Å². The average Bonchev–Trinajstić information content (AvgIpc) is 2.87. The number of aryl methyl sites for hydroxylation is 1. The van der Waals surface area contributed by atoms with Crippen LogP contribution in [0.5, 0.6) is 11.5 Å². The number of ether oxygens (including phenoxy) is 2. The van der Waals surface area contributed by atoms with Gasteiger partial charge in [0.2, 0.25) is 5.78 Å². The number of H-pyrrole nitrogens is 1. The quantitative estimate of drug-likeness (QED) is 0.532. The number of hydrogen-bond donors (Lipinski definition) is 3. The first-order valence-electron chi connectivity index (χ1n) is 7.84. The minimum atomic E-state index is -0.914. The summed E-state index contributed by atoms with van der Waals surface area (Å²) >= 11 is 0. The maximum Gasteiger partial charge on any atom is 0.342 e. The largest absolute Gasteiger partial charge is 0.508 e. The number of rotatable bonds is 6. The van der Waals surface area contributed by atoms with Gasteiger partial charge in [-0.15, -0.1) is 0 Å². The second-order valence-corrected chi connectivity index (χ2v) is 5.55. The van der Waals surface area contributed by atoms with Gasteiger partial charge in [-0.2, -0.15) is 0 Å². The maximum atomic E-state index is 12.3. The third-order valence-electron chi connectivity index (χ3n) is 3.73. The van der Waals surface area contributed by atoms with Gasteiger partial charge in [0.25, 0.3) is 0 Å². The summed E-state index contributed by atoms with van der Waals surface area (Å²) in [6.07, 6.45) is 0. The van der Waals surface area contributed by atoms with Crippen LogP contribution in [0.2, 0.25) is 0 Å². The molecular weight excluding hydrogens is 342 g/mol. The van der Waals surface area contributed by atoms with E-state index in [1.807, 2.05) is 0 Å². The van der Waals surface area contributed by atoms with Crippen molar-refractivity contribution in [2.24, 2.45) is 0 Å². The van der Waals surface area contributed by atoms with Gasteiger partial charge in [0.1, 0.15) is 17.1 Å². The van der Waals surface area contributed by atoms with Crippen LogP contribution >= 0.6 is 0 Å². The van der Waals surface area contributed by atoms with Crippen molar-refractivity contribution in [3.05, 3.63) is 46.3 Å². The molecule has 2 aromatic rings. The van der Waals surface area contributed by atoms with Gasteiger partial charge in [-0.1, -0.05) is 0 Å². The summed E-state index contributed by atoms with van der Waals surface area (Å²) in [4.78, 5) is 39.0. The van der Waals surface area contributed by atoms with Gasteiger partial charge in [0.15, 0.2) is 6.61 Å². The van der Waals surface area contributed by atoms with Crippen molar-refractivity contribution in [2.75, 3.05) is 13.2 Å². The van der Waals surface area contributed by atoms with E-state index < -0.39 is 30.1 Å². The molecule has 0 unspecified atom stereocenters. The minimum Gasteiger partial charge on any atom is -0.508 e. The lowest BCUT2D eigenvalue weighted by molar-refractivity contribution is 0.0469. The van der Waals surface area contributed by atoms with Crippen LogP contribution in [-0.4, -0.2) is 46.1 Å². The molecule has 1 heterocycles. The van der Waals surface area contributed by atoms with E-state index in [-0.39, 0.29) is 29.2 Å². The monoisotopic (exact) mass is 361 g/mol. The number of hydrogen-bond acceptors (Lipinski definition) is 7. The number of phenolic OH excluding ortho intramolecular Hbond substituents is 2. The van der Waals surface area contributed by atoms with Crippen molar-refractivity contribution in [3.63, 3.8) is 0 Å². The highest BCUT2D eigenvalue weighted by Gasteiger charge is 2.24. The van der Waals surface area contributed by atoms with E-state index in [2.05, 4.69) is 4.98 Å². The molecule has 0 saturated carbocycles. The van der Waals surface area contributed by atoms with Crippen LogP contribution in [0.4, 0.5) is 0 Å². The third kappa shape index (κ3) is 3.85. The molecular formula is C18H19NO7. The Morgan fingerprint density at radius 1 is 1.08 bits per heavy atom. The smallest absolute Gasteiger partial charge is 0.342 e. The minimum absolute atomic E-state index is 0.147. The van der Waals surface area contributed by atoms with Crippen LogP contribution in [0.1, 0.15) is 49.4 Å². The number of carbonyl (C=O) groups is 3. The highest BCUT2D eigenvalue weighted by molar-refractivity contribution is 6.03. The first-order valence-corrected chi connectivity index (χ1v) is 7.84. The molecule has 0 amide bonds. The molecule has 8 heteroatoms. The van der Waals surface area contributed by atoms with E-state index in [0.717, 1.165) is 6.07 Å². The van der Waals surface area contributed by atoms with Crippen molar-refractivity contribution in [1.29, 1.82) is 0 Å². The van der Waals surface area contributed by atoms with Crippen molar-refractivity contribution in [2.45, 2.75) is 20.8 Å². The number of esters is 2. The van der Waals surface area contributed by atoms with Gasteiger partial charge in [0.05, 0.1) is 17.9 Å². The zero-order valence-electron chi connectivity index (χ0n) is 14.6. The molecule has 0 aliphatic carbocycles. The molecule has 0 saturated heterocycles. The van der Waals surface area contributed by atoms with Gasteiger partial charge in [0, 0.05) is 11.8 Å². The highest BCUT2D eigenvalue weighted by Crippen LogP contribution is 2.24. The lowest BCUT2D eigenvalue weighted by Gasteiger charge is -2.06. The Morgan fingerprint density at radius 2 is 1.77 bits per heavy atom. The van der Waals surface area contributed by atoms with Gasteiger partial charge >= 0.3 is 11.9 Å². The Morgan fingerprint density at radius 3 is 2.38 bits per heavy atom. The van der Waals surface area contributed by atoms with Crippen LogP contribution in [0, 0.1) is 13.8 Å². The molecule has 2 rings (SSSR count). The Balaban J connectivity index is 2.12. The average molecular weight is 361 g/mol. The zero-order valence-corrected chi connectivity index (χ0v) is 14.6. The van der Waals surface area contributed by atoms with E-state index in [0.29, 0.717) is 11.3 Å². The summed E-state index contributed by atoms with van der Waals surface area (Å²) in [6.45, 7) is 4.54. The molecule has 26 heavy (non-hydrogen) atoms. The Kier molecular flexibility index (Phi) is 5.66. The van der Waals surface area contributed by atoms with Crippen molar-refractivity contribution < 1.29 is 34.1 Å². The predicted molar refractivity (Wildman–Crippen MR) is 90.6 cm³/mol. The first kappa shape index (κ1) is 19.0. The lowest BCUT2D eigenvalue weighted by Crippen LogP contribution is -2.15. The van der Waals surface area contributed by atoms with Crippen LogP contribution < -0.4 is 0 Å². The normalized spacial score (nSPS) is 10.4. The molecule has 8 nitrogen and oxygen atoms in total. The maximum absolute atomic E-state index is 12.3. The van der Waals surface area contributed by atoms with Gasteiger partial charge in [-0.3, -0.25) is 4.79 Å². The van der Waals surface area contributed by atoms with E-state index in [4.69, 9.17) is 9.47 Å². The zero-order chi connectivity index (χ0) is 19.4. The molecule has 0 radical (unpaired) electrons. The fourth-order valence-corrected chi connectivity index (χ4v) is 2.51. The lowest BCUT2D eigenvalue weighted by atomic mass is 10.1. The molecule has 0 aliphatic heterocycles. The summed E-state index contributed by atoms with van der Waals surface area (Å²) < 4.78 is 9.87. The summed E-state index contributed by atoms with van der Waals surface area (Å²) in [5.41, 5.74) is 1.13. The molecule has 0 bridgehead atoms. The fourth-order valence-electron chi connectivity index (χ4n) is 2.51. The van der Waals surface area contributed by atoms with E-state index in [9.17, 15) is 24.6 Å². The SMILES string of the molecule is CCOC(=O)c1c(C)[nH]c(C(=O)COC(=O)c2ccc(O)cc2O)c1C. The standard InChI is InChI=1S/C18H19NO7/c1-4-25-18(24)15-9(2)16(19-10(15)3)14(22)8-26-17(23)12-6-5-11(20)7-13(12)21/h5-7,19-21H,4,8H2,1-3H3. The van der Waals surface area contributed by atoms with Gasteiger partial charge < -0.3 is 24.7 Å². The number of phenols is 2. The number of aromatic nitrogens is 1. The molecule has 0 atom stereocenters. The van der Waals surface area contributed by atoms with E-state index in [1.54, 1.807) is 20.8 Å². The van der Waals surface area contributed by atoms with Gasteiger partial charge in [-0.05, 0) is 38.5 Å². The summed E-state index contributed by atoms with van der Waals surface area (Å²) in [5, 5.41) is 18.9. The Labute approximate surface area is 149 Å². The number of benzene rings is 1. The second kappa shape index (κ2) is 7.73. The highest BCUT2D eigenvalue weighted by atomic mass is 16.5. The van der Waals surface area contributed by atoms with Crippen LogP contribution in [0.25, 0.3) is 0 Å². The molecule has 0 spiro atoms. The van der Waals surface area contributed by atoms with Crippen molar-refractivity contribution in [1.82, 2.24) is 4.98 Å². The topological polar surface area (TPSA) is 126 Å². The third-order valence-corrected chi connectivity index (χ3v) is 3.73. The molecule has 3 N–H and O–H groups in total. The van der Waals surface area contributed by atoms with E-state index >= 15 is 0 Å². The molecule has 1 aromatic carbocycles. The molecule has 0 aliphatic rings. The van der Waals surface area contributed by atoms with Crippen LogP contribution in [-0.2, 0) is 9.47 Å². The molecule has 1 aromatic heterocycles. The first-order chi connectivity index (χ1) is 12.3. The van der Waals surface area contributed by atoms with Gasteiger partial charge in [-0.25, -0.2) is 9.59 Å². The second-order valence-electron chi connectivity index (χ2n) is 5.55. The number of Topliss-reactive ketones (excluding diaryl/α,β-unsaturated/α-hetero) is 1. The summed E-state index contributed by atoms with van der Waals surface area (Å²) in [5.74, 6) is -2.66. The van der Waals surface area contributed by atoms with Crippen LogP contribution in [0.15, 0.2) is 18.2 Å². The summed E-state index contributed by atoms with van der Waals surface area (Å²) in [6, 6.07) is 3.38. The molecule has 0 fully saturated rings. The number of nitrogens with one attached hydrogen (secondary N) is 1. The molecule has 138 valence electrons. The fraction of sp³-hybridized carbons (Fsp3) is 0.278. The number of aromatic amines is 1. The Bertz CT molecular complexity index is 867. The Hall–Kier alpha value is -3.29. The number of ketones is 1. The predicted octanol–water partition coefficient (Wildman–Crippen LogP) is 2.26. The summed E-state index contributed by atoms with van der Waals surface area (Å²) in [7, 11) is 0. The van der Waals surface area contributed by atoms with Crippen LogP contribution in [0.3, 0.4) is 0 Å². The van der Waals surface area contributed by atoms with Crippen molar-refractivity contribution in [3.8, 4) is 11.5 Å².